The maximum atomic E-state index is 12.8. The third-order valence-electron chi connectivity index (χ3n) is 3.96. The second-order valence-corrected chi connectivity index (χ2v) is 6.74. The van der Waals surface area contributed by atoms with Gasteiger partial charge in [0.1, 0.15) is 28.8 Å². The molecule has 1 aromatic heterocycles. The molecule has 1 aromatic carbocycles. The minimum absolute atomic E-state index is 0.0387. The summed E-state index contributed by atoms with van der Waals surface area (Å²) in [5, 5.41) is 0. The molecule has 1 atom stereocenters. The quantitative estimate of drug-likeness (QED) is 0.673. The maximum absolute atomic E-state index is 12.8. The van der Waals surface area contributed by atoms with Crippen LogP contribution < -0.4 is 4.74 Å². The SMILES string of the molecule is O=C(c1cccc(Br)n1)N1CCO[C@@H](COc2cccc(C(F)(F)F)c2)C1. The van der Waals surface area contributed by atoms with Crippen molar-refractivity contribution in [3.63, 3.8) is 0 Å². The molecule has 27 heavy (non-hydrogen) atoms. The van der Waals surface area contributed by atoms with Crippen molar-refractivity contribution in [1.82, 2.24) is 9.88 Å². The zero-order valence-corrected chi connectivity index (χ0v) is 15.7. The van der Waals surface area contributed by atoms with Crippen molar-refractivity contribution >= 4 is 21.8 Å². The molecule has 1 fully saturated rings. The molecule has 0 aliphatic carbocycles. The van der Waals surface area contributed by atoms with E-state index in [1.165, 1.54) is 12.1 Å². The molecule has 0 N–H and O–H groups in total. The van der Waals surface area contributed by atoms with Crippen LogP contribution in [0.1, 0.15) is 16.1 Å². The number of aromatic nitrogens is 1. The summed E-state index contributed by atoms with van der Waals surface area (Å²) < 4.78 is 49.9. The van der Waals surface area contributed by atoms with Gasteiger partial charge < -0.3 is 14.4 Å². The fraction of sp³-hybridized carbons (Fsp3) is 0.333. The lowest BCUT2D eigenvalue weighted by molar-refractivity contribution is -0.137. The number of nitrogens with zero attached hydrogens (tertiary/aromatic N) is 2. The van der Waals surface area contributed by atoms with Crippen LogP contribution in [0.2, 0.25) is 0 Å². The number of halogens is 4. The van der Waals surface area contributed by atoms with Gasteiger partial charge in [-0.1, -0.05) is 12.1 Å². The van der Waals surface area contributed by atoms with Crippen molar-refractivity contribution in [3.05, 3.63) is 58.3 Å². The number of amides is 1. The summed E-state index contributed by atoms with van der Waals surface area (Å²) >= 11 is 3.23. The van der Waals surface area contributed by atoms with E-state index in [0.717, 1.165) is 12.1 Å². The molecule has 2 aromatic rings. The number of hydrogen-bond donors (Lipinski definition) is 0. The second kappa shape index (κ2) is 8.26. The Kier molecular flexibility index (Phi) is 6.01. The van der Waals surface area contributed by atoms with Crippen LogP contribution in [0.5, 0.6) is 5.75 Å². The van der Waals surface area contributed by atoms with Gasteiger partial charge in [0, 0.05) is 6.54 Å². The average Bonchev–Trinajstić information content (AvgIpc) is 2.65. The van der Waals surface area contributed by atoms with Crippen molar-refractivity contribution in [1.29, 1.82) is 0 Å². The van der Waals surface area contributed by atoms with Crippen LogP contribution in [-0.2, 0) is 10.9 Å². The van der Waals surface area contributed by atoms with Crippen molar-refractivity contribution in [2.45, 2.75) is 12.3 Å². The topological polar surface area (TPSA) is 51.7 Å². The van der Waals surface area contributed by atoms with E-state index in [1.807, 2.05) is 0 Å². The number of carbonyl (C=O) groups is 1. The first-order valence-electron chi connectivity index (χ1n) is 8.16. The van der Waals surface area contributed by atoms with Crippen LogP contribution in [0.3, 0.4) is 0 Å². The molecule has 144 valence electrons. The minimum atomic E-state index is -4.43. The van der Waals surface area contributed by atoms with Gasteiger partial charge in [0.25, 0.3) is 5.91 Å². The highest BCUT2D eigenvalue weighted by Crippen LogP contribution is 2.31. The van der Waals surface area contributed by atoms with Crippen molar-refractivity contribution in [3.8, 4) is 5.75 Å². The Balaban J connectivity index is 1.60. The average molecular weight is 445 g/mol. The van der Waals surface area contributed by atoms with E-state index >= 15 is 0 Å². The van der Waals surface area contributed by atoms with Crippen molar-refractivity contribution < 1.29 is 27.4 Å². The molecule has 0 unspecified atom stereocenters. The van der Waals surface area contributed by atoms with E-state index in [9.17, 15) is 18.0 Å². The highest BCUT2D eigenvalue weighted by Gasteiger charge is 2.31. The molecule has 1 aliphatic heterocycles. The van der Waals surface area contributed by atoms with Crippen LogP contribution in [0, 0.1) is 0 Å². The van der Waals surface area contributed by atoms with E-state index < -0.39 is 17.8 Å². The first kappa shape index (κ1) is 19.6. The number of ether oxygens (including phenoxy) is 2. The van der Waals surface area contributed by atoms with E-state index in [0.29, 0.717) is 23.4 Å². The van der Waals surface area contributed by atoms with Crippen molar-refractivity contribution in [2.24, 2.45) is 0 Å². The molecule has 2 heterocycles. The summed E-state index contributed by atoms with van der Waals surface area (Å²) in [5.74, 6) is -0.130. The van der Waals surface area contributed by atoms with Crippen LogP contribution in [-0.4, -0.2) is 48.2 Å². The normalized spacial score (nSPS) is 17.6. The minimum Gasteiger partial charge on any atom is -0.491 e. The number of benzene rings is 1. The zero-order chi connectivity index (χ0) is 19.4. The molecular formula is C18H16BrF3N2O3. The van der Waals surface area contributed by atoms with Gasteiger partial charge in [-0.05, 0) is 46.3 Å². The maximum Gasteiger partial charge on any atom is 0.416 e. The molecule has 0 bridgehead atoms. The predicted molar refractivity (Wildman–Crippen MR) is 94.5 cm³/mol. The number of hydrogen-bond acceptors (Lipinski definition) is 4. The van der Waals surface area contributed by atoms with Crippen LogP contribution in [0.25, 0.3) is 0 Å². The molecule has 1 aliphatic rings. The lowest BCUT2D eigenvalue weighted by Gasteiger charge is -2.32. The number of morpholine rings is 1. The van der Waals surface area contributed by atoms with E-state index in [-0.39, 0.29) is 24.8 Å². The van der Waals surface area contributed by atoms with Gasteiger partial charge >= 0.3 is 6.18 Å². The van der Waals surface area contributed by atoms with Gasteiger partial charge in [0.05, 0.1) is 18.7 Å². The Hall–Kier alpha value is -2.13. The molecule has 3 rings (SSSR count). The van der Waals surface area contributed by atoms with Gasteiger partial charge in [-0.15, -0.1) is 0 Å². The van der Waals surface area contributed by atoms with Crippen LogP contribution in [0.4, 0.5) is 13.2 Å². The Bertz CT molecular complexity index is 816. The lowest BCUT2D eigenvalue weighted by Crippen LogP contribution is -2.47. The summed E-state index contributed by atoms with van der Waals surface area (Å²) in [7, 11) is 0. The molecule has 1 amide bonds. The Morgan fingerprint density at radius 2 is 2.07 bits per heavy atom. The Morgan fingerprint density at radius 3 is 2.81 bits per heavy atom. The van der Waals surface area contributed by atoms with Gasteiger partial charge in [-0.25, -0.2) is 4.98 Å². The molecule has 0 radical (unpaired) electrons. The molecule has 9 heteroatoms. The summed E-state index contributed by atoms with van der Waals surface area (Å²) in [6.07, 6.45) is -4.87. The zero-order valence-electron chi connectivity index (χ0n) is 14.1. The summed E-state index contributed by atoms with van der Waals surface area (Å²) in [5.41, 5.74) is -0.467. The standard InChI is InChI=1S/C18H16BrF3N2O3/c19-16-6-2-5-15(23-16)17(25)24-7-8-26-14(10-24)11-27-13-4-1-3-12(9-13)18(20,21)22/h1-6,9,14H,7-8,10-11H2/t14-/m1/s1. The van der Waals surface area contributed by atoms with Gasteiger partial charge in [-0.2, -0.15) is 13.2 Å². The first-order chi connectivity index (χ1) is 12.8. The lowest BCUT2D eigenvalue weighted by atomic mass is 10.2. The molecule has 0 spiro atoms. The second-order valence-electron chi connectivity index (χ2n) is 5.93. The van der Waals surface area contributed by atoms with Gasteiger partial charge in [0.2, 0.25) is 0 Å². The van der Waals surface area contributed by atoms with E-state index in [4.69, 9.17) is 9.47 Å². The highest BCUT2D eigenvalue weighted by atomic mass is 79.9. The number of rotatable bonds is 4. The number of pyridine rings is 1. The molecular weight excluding hydrogens is 429 g/mol. The predicted octanol–water partition coefficient (Wildman–Crippen LogP) is 3.78. The molecule has 5 nitrogen and oxygen atoms in total. The Morgan fingerprint density at radius 1 is 1.30 bits per heavy atom. The van der Waals surface area contributed by atoms with Gasteiger partial charge in [0.15, 0.2) is 0 Å². The third-order valence-corrected chi connectivity index (χ3v) is 4.40. The van der Waals surface area contributed by atoms with Crippen LogP contribution in [0.15, 0.2) is 47.1 Å². The largest absolute Gasteiger partial charge is 0.491 e. The van der Waals surface area contributed by atoms with Crippen molar-refractivity contribution in [2.75, 3.05) is 26.3 Å². The fourth-order valence-electron chi connectivity index (χ4n) is 2.65. The summed E-state index contributed by atoms with van der Waals surface area (Å²) in [6, 6.07) is 9.73. The third kappa shape index (κ3) is 5.20. The number of carbonyl (C=O) groups excluding carboxylic acids is 1. The Labute approximate surface area is 162 Å². The van der Waals surface area contributed by atoms with Crippen LogP contribution >= 0.6 is 15.9 Å². The highest BCUT2D eigenvalue weighted by molar-refractivity contribution is 9.10. The van der Waals surface area contributed by atoms with E-state index in [2.05, 4.69) is 20.9 Å². The molecule has 0 saturated carbocycles. The summed E-state index contributed by atoms with van der Waals surface area (Å²) in [4.78, 5) is 18.3. The van der Waals surface area contributed by atoms with Gasteiger partial charge in [-0.3, -0.25) is 4.79 Å². The first-order valence-corrected chi connectivity index (χ1v) is 8.96. The fourth-order valence-corrected chi connectivity index (χ4v) is 2.99. The molecule has 1 saturated heterocycles. The number of alkyl halides is 3. The monoisotopic (exact) mass is 444 g/mol. The van der Waals surface area contributed by atoms with E-state index in [1.54, 1.807) is 23.1 Å². The summed E-state index contributed by atoms with van der Waals surface area (Å²) in [6.45, 7) is 1.03. The smallest absolute Gasteiger partial charge is 0.416 e.